The molecule has 0 spiro atoms. The summed E-state index contributed by atoms with van der Waals surface area (Å²) in [4.78, 5) is 0.194. The predicted molar refractivity (Wildman–Crippen MR) is 70.5 cm³/mol. The maximum Gasteiger partial charge on any atom is 0.244 e. The van der Waals surface area contributed by atoms with Gasteiger partial charge in [-0.1, -0.05) is 20.3 Å². The average Bonchev–Trinajstić information content (AvgIpc) is 2.70. The van der Waals surface area contributed by atoms with Gasteiger partial charge in [0.05, 0.1) is 11.4 Å². The van der Waals surface area contributed by atoms with E-state index in [4.69, 9.17) is 5.73 Å². The molecule has 0 amide bonds. The number of aromatic amines is 1. The summed E-state index contributed by atoms with van der Waals surface area (Å²) >= 11 is 0. The molecule has 0 bridgehead atoms. The van der Waals surface area contributed by atoms with Gasteiger partial charge in [-0.3, -0.25) is 5.10 Å². The predicted octanol–water partition coefficient (Wildman–Crippen LogP) is 1.03. The SMILES string of the molecule is CCCC(CC)NS(=O)(=O)c1c(CN)n[nH]c1C. The Bertz CT molecular complexity index is 481. The number of hydrogen-bond donors (Lipinski definition) is 3. The first-order chi connectivity index (χ1) is 8.46. The first kappa shape index (κ1) is 15.1. The molecule has 104 valence electrons. The molecule has 0 radical (unpaired) electrons. The van der Waals surface area contributed by atoms with Gasteiger partial charge in [0.2, 0.25) is 10.0 Å². The van der Waals surface area contributed by atoms with Crippen molar-refractivity contribution in [2.24, 2.45) is 5.73 Å². The normalized spacial score (nSPS) is 13.8. The van der Waals surface area contributed by atoms with Crippen LogP contribution in [0.3, 0.4) is 0 Å². The van der Waals surface area contributed by atoms with E-state index < -0.39 is 10.0 Å². The highest BCUT2D eigenvalue weighted by molar-refractivity contribution is 7.89. The van der Waals surface area contributed by atoms with Crippen molar-refractivity contribution in [3.05, 3.63) is 11.4 Å². The van der Waals surface area contributed by atoms with E-state index in [0.717, 1.165) is 19.3 Å². The molecule has 1 unspecified atom stereocenters. The van der Waals surface area contributed by atoms with Crippen LogP contribution >= 0.6 is 0 Å². The van der Waals surface area contributed by atoms with Crippen LogP contribution in [0.5, 0.6) is 0 Å². The monoisotopic (exact) mass is 274 g/mol. The zero-order chi connectivity index (χ0) is 13.8. The topological polar surface area (TPSA) is 101 Å². The molecule has 0 aliphatic carbocycles. The van der Waals surface area contributed by atoms with Gasteiger partial charge in [-0.25, -0.2) is 13.1 Å². The highest BCUT2D eigenvalue weighted by Gasteiger charge is 2.25. The van der Waals surface area contributed by atoms with Crippen LogP contribution in [0.4, 0.5) is 0 Å². The van der Waals surface area contributed by atoms with E-state index in [1.165, 1.54) is 0 Å². The van der Waals surface area contributed by atoms with Crippen LogP contribution in [-0.4, -0.2) is 24.7 Å². The van der Waals surface area contributed by atoms with Gasteiger partial charge < -0.3 is 5.73 Å². The maximum absolute atomic E-state index is 12.3. The lowest BCUT2D eigenvalue weighted by molar-refractivity contribution is 0.511. The van der Waals surface area contributed by atoms with E-state index in [9.17, 15) is 8.42 Å². The molecule has 0 aliphatic rings. The number of sulfonamides is 1. The first-order valence-corrected chi connectivity index (χ1v) is 7.70. The number of H-pyrrole nitrogens is 1. The van der Waals surface area contributed by atoms with Crippen LogP contribution in [0.1, 0.15) is 44.5 Å². The van der Waals surface area contributed by atoms with E-state index in [0.29, 0.717) is 11.4 Å². The van der Waals surface area contributed by atoms with Crippen LogP contribution in [0.25, 0.3) is 0 Å². The molecule has 1 heterocycles. The van der Waals surface area contributed by atoms with Crippen LogP contribution < -0.4 is 10.5 Å². The van der Waals surface area contributed by atoms with E-state index in [1.807, 2.05) is 13.8 Å². The summed E-state index contributed by atoms with van der Waals surface area (Å²) < 4.78 is 27.3. The molecule has 1 atom stereocenters. The first-order valence-electron chi connectivity index (χ1n) is 6.22. The average molecular weight is 274 g/mol. The molecule has 0 aromatic carbocycles. The summed E-state index contributed by atoms with van der Waals surface area (Å²) in [6, 6.07) is -0.0417. The second-order valence-corrected chi connectivity index (χ2v) is 5.99. The Hall–Kier alpha value is -0.920. The van der Waals surface area contributed by atoms with Crippen LogP contribution in [-0.2, 0) is 16.6 Å². The fourth-order valence-electron chi connectivity index (χ4n) is 1.94. The number of nitrogens with zero attached hydrogens (tertiary/aromatic N) is 1. The summed E-state index contributed by atoms with van der Waals surface area (Å²) in [5.74, 6) is 0. The Morgan fingerprint density at radius 1 is 1.44 bits per heavy atom. The minimum Gasteiger partial charge on any atom is -0.325 e. The van der Waals surface area contributed by atoms with E-state index in [1.54, 1.807) is 6.92 Å². The third-order valence-electron chi connectivity index (χ3n) is 2.88. The van der Waals surface area contributed by atoms with Gasteiger partial charge in [0.15, 0.2) is 0 Å². The second kappa shape index (κ2) is 6.31. The smallest absolute Gasteiger partial charge is 0.244 e. The zero-order valence-electron chi connectivity index (χ0n) is 11.2. The van der Waals surface area contributed by atoms with Crippen molar-refractivity contribution in [3.63, 3.8) is 0 Å². The molecule has 0 saturated heterocycles. The van der Waals surface area contributed by atoms with Crippen molar-refractivity contribution >= 4 is 10.0 Å². The number of aromatic nitrogens is 2. The molecule has 7 heteroatoms. The summed E-state index contributed by atoms with van der Waals surface area (Å²) in [6.45, 7) is 5.78. The zero-order valence-corrected chi connectivity index (χ0v) is 12.0. The molecular formula is C11H22N4O2S. The number of nitrogens with two attached hydrogens (primary N) is 1. The highest BCUT2D eigenvalue weighted by Crippen LogP contribution is 2.18. The van der Waals surface area contributed by atoms with E-state index in [-0.39, 0.29) is 17.5 Å². The Labute approximate surface area is 108 Å². The maximum atomic E-state index is 12.3. The van der Waals surface area contributed by atoms with Crippen LogP contribution in [0, 0.1) is 6.92 Å². The van der Waals surface area contributed by atoms with Gasteiger partial charge >= 0.3 is 0 Å². The van der Waals surface area contributed by atoms with Gasteiger partial charge in [0.25, 0.3) is 0 Å². The van der Waals surface area contributed by atoms with Crippen LogP contribution in [0.2, 0.25) is 0 Å². The Balaban J connectivity index is 3.02. The molecule has 1 rings (SSSR count). The minimum atomic E-state index is -3.55. The third-order valence-corrected chi connectivity index (χ3v) is 4.60. The lowest BCUT2D eigenvalue weighted by Gasteiger charge is -2.16. The fourth-order valence-corrected chi connectivity index (χ4v) is 3.67. The molecule has 1 aromatic heterocycles. The van der Waals surface area contributed by atoms with Gasteiger partial charge in [-0.15, -0.1) is 0 Å². The van der Waals surface area contributed by atoms with Gasteiger partial charge in [0.1, 0.15) is 4.90 Å². The molecule has 0 aliphatic heterocycles. The lowest BCUT2D eigenvalue weighted by Crippen LogP contribution is -2.35. The number of nitrogens with one attached hydrogen (secondary N) is 2. The third kappa shape index (κ3) is 3.30. The molecule has 0 fully saturated rings. The summed E-state index contributed by atoms with van der Waals surface area (Å²) in [5.41, 5.74) is 6.41. The number of rotatable bonds is 7. The van der Waals surface area contributed by atoms with E-state index >= 15 is 0 Å². The highest BCUT2D eigenvalue weighted by atomic mass is 32.2. The number of hydrogen-bond acceptors (Lipinski definition) is 4. The largest absolute Gasteiger partial charge is 0.325 e. The van der Waals surface area contributed by atoms with Crippen molar-refractivity contribution in [1.82, 2.24) is 14.9 Å². The molecular weight excluding hydrogens is 252 g/mol. The standard InChI is InChI=1S/C11H22N4O2S/c1-4-6-9(5-2)15-18(16,17)11-8(3)13-14-10(11)7-12/h9,15H,4-7,12H2,1-3H3,(H,13,14). The Kier molecular flexibility index (Phi) is 5.30. The second-order valence-electron chi connectivity index (χ2n) is 4.34. The Morgan fingerprint density at radius 2 is 2.11 bits per heavy atom. The van der Waals surface area contributed by atoms with Crippen molar-refractivity contribution in [1.29, 1.82) is 0 Å². The lowest BCUT2D eigenvalue weighted by atomic mass is 10.1. The molecule has 1 aromatic rings. The minimum absolute atomic E-state index is 0.0417. The van der Waals surface area contributed by atoms with Crippen molar-refractivity contribution < 1.29 is 8.42 Å². The molecule has 6 nitrogen and oxygen atoms in total. The molecule has 18 heavy (non-hydrogen) atoms. The van der Waals surface area contributed by atoms with Gasteiger partial charge in [-0.05, 0) is 19.8 Å². The van der Waals surface area contributed by atoms with Crippen molar-refractivity contribution in [2.75, 3.05) is 0 Å². The van der Waals surface area contributed by atoms with Crippen molar-refractivity contribution in [2.45, 2.75) is 57.5 Å². The quantitative estimate of drug-likeness (QED) is 0.691. The molecule has 0 saturated carbocycles. The molecule has 4 N–H and O–H groups in total. The summed E-state index contributed by atoms with van der Waals surface area (Å²) in [5, 5.41) is 6.58. The number of aryl methyl sites for hydroxylation is 1. The van der Waals surface area contributed by atoms with Gasteiger partial charge in [0, 0.05) is 12.6 Å². The van der Waals surface area contributed by atoms with Crippen molar-refractivity contribution in [3.8, 4) is 0 Å². The van der Waals surface area contributed by atoms with E-state index in [2.05, 4.69) is 14.9 Å². The summed E-state index contributed by atoms with van der Waals surface area (Å²) in [6.07, 6.45) is 2.53. The Morgan fingerprint density at radius 3 is 2.61 bits per heavy atom. The van der Waals surface area contributed by atoms with Gasteiger partial charge in [-0.2, -0.15) is 5.10 Å². The fraction of sp³-hybridized carbons (Fsp3) is 0.727. The van der Waals surface area contributed by atoms with Crippen LogP contribution in [0.15, 0.2) is 4.90 Å². The summed E-state index contributed by atoms with van der Waals surface area (Å²) in [7, 11) is -3.55.